The molecule has 220 valence electrons. The Kier molecular flexibility index (Phi) is 7.65. The number of amides is 1. The Bertz CT molecular complexity index is 1480. The number of hydrogen-bond donors (Lipinski definition) is 2. The molecule has 41 heavy (non-hydrogen) atoms. The number of benzene rings is 2. The summed E-state index contributed by atoms with van der Waals surface area (Å²) in [6.07, 6.45) is -7.02. The van der Waals surface area contributed by atoms with Crippen LogP contribution in [0, 0.1) is 11.3 Å². The van der Waals surface area contributed by atoms with Crippen molar-refractivity contribution in [3.8, 4) is 0 Å². The van der Waals surface area contributed by atoms with Gasteiger partial charge in [-0.2, -0.15) is 26.3 Å². The summed E-state index contributed by atoms with van der Waals surface area (Å²) < 4.78 is 93.4. The molecule has 1 saturated carbocycles. The standard InChI is InChI=1S/C29H28F7N3O2/c30-13-20-7-19(10-24-23(20)3-4-25(40)38-24)15-39-6-5-27(16-39,12-17-1-2-17)26(41)37-14-18-8-21(28(31,32)33)11-22(9-18)29(34,35)36/h3-4,7-11,17H,1-2,5-6,12-16H2,(H,37,41)(H,38,40). The minimum absolute atomic E-state index is 0.0610. The van der Waals surface area contributed by atoms with E-state index in [0.29, 0.717) is 67.0 Å². The van der Waals surface area contributed by atoms with E-state index < -0.39 is 48.0 Å². The topological polar surface area (TPSA) is 65.2 Å². The van der Waals surface area contributed by atoms with Gasteiger partial charge in [0.05, 0.1) is 16.5 Å². The van der Waals surface area contributed by atoms with Gasteiger partial charge < -0.3 is 10.3 Å². The van der Waals surface area contributed by atoms with Crippen molar-refractivity contribution in [1.82, 2.24) is 15.2 Å². The van der Waals surface area contributed by atoms with Crippen molar-refractivity contribution in [3.05, 3.63) is 80.6 Å². The number of halogens is 7. The van der Waals surface area contributed by atoms with Gasteiger partial charge in [-0.3, -0.25) is 14.5 Å². The second kappa shape index (κ2) is 10.8. The quantitative estimate of drug-likeness (QED) is 0.304. The summed E-state index contributed by atoms with van der Waals surface area (Å²) in [5, 5.41) is 3.22. The highest BCUT2D eigenvalue weighted by atomic mass is 19.4. The molecule has 1 aromatic heterocycles. The Hall–Kier alpha value is -3.41. The molecule has 2 heterocycles. The van der Waals surface area contributed by atoms with Crippen LogP contribution in [0.2, 0.25) is 0 Å². The number of alkyl halides is 7. The van der Waals surface area contributed by atoms with E-state index in [9.17, 15) is 40.3 Å². The number of pyridine rings is 1. The van der Waals surface area contributed by atoms with Gasteiger partial charge in [-0.15, -0.1) is 0 Å². The number of aromatic nitrogens is 1. The molecule has 1 amide bonds. The van der Waals surface area contributed by atoms with Crippen LogP contribution in [0.15, 0.2) is 47.3 Å². The average Bonchev–Trinajstić information content (AvgIpc) is 3.62. The van der Waals surface area contributed by atoms with Gasteiger partial charge >= 0.3 is 12.4 Å². The Labute approximate surface area is 230 Å². The van der Waals surface area contributed by atoms with Crippen molar-refractivity contribution in [2.75, 3.05) is 13.1 Å². The molecule has 1 unspecified atom stereocenters. The summed E-state index contributed by atoms with van der Waals surface area (Å²) in [4.78, 5) is 30.0. The van der Waals surface area contributed by atoms with Crippen molar-refractivity contribution >= 4 is 16.8 Å². The van der Waals surface area contributed by atoms with Crippen LogP contribution in [-0.4, -0.2) is 28.9 Å². The number of likely N-dealkylation sites (tertiary alicyclic amines) is 1. The molecule has 1 aliphatic carbocycles. The van der Waals surface area contributed by atoms with Gasteiger partial charge in [0.25, 0.3) is 0 Å². The van der Waals surface area contributed by atoms with Crippen molar-refractivity contribution < 1.29 is 35.5 Å². The second-order valence-corrected chi connectivity index (χ2v) is 11.2. The van der Waals surface area contributed by atoms with Crippen LogP contribution in [-0.2, 0) is 36.9 Å². The maximum Gasteiger partial charge on any atom is 0.416 e. The third-order valence-electron chi connectivity index (χ3n) is 7.93. The highest BCUT2D eigenvalue weighted by molar-refractivity contribution is 5.84. The number of carbonyl (C=O) groups excluding carboxylic acids is 1. The first-order chi connectivity index (χ1) is 19.3. The molecule has 2 N–H and O–H groups in total. The lowest BCUT2D eigenvalue weighted by Gasteiger charge is -2.29. The first-order valence-corrected chi connectivity index (χ1v) is 13.3. The van der Waals surface area contributed by atoms with Crippen molar-refractivity contribution in [2.45, 2.75) is 57.8 Å². The Morgan fingerprint density at radius 2 is 1.66 bits per heavy atom. The normalized spacial score (nSPS) is 20.1. The van der Waals surface area contributed by atoms with Gasteiger partial charge in [0.15, 0.2) is 0 Å². The number of rotatable bonds is 8. The summed E-state index contributed by atoms with van der Waals surface area (Å²) in [5.74, 6) is -0.0832. The summed E-state index contributed by atoms with van der Waals surface area (Å²) in [7, 11) is 0. The van der Waals surface area contributed by atoms with Crippen LogP contribution in [0.5, 0.6) is 0 Å². The molecule has 12 heteroatoms. The first kappa shape index (κ1) is 29.1. The van der Waals surface area contributed by atoms with Crippen LogP contribution in [0.3, 0.4) is 0 Å². The molecule has 0 bridgehead atoms. The van der Waals surface area contributed by atoms with Crippen molar-refractivity contribution in [2.24, 2.45) is 11.3 Å². The smallest absolute Gasteiger partial charge is 0.352 e. The highest BCUT2D eigenvalue weighted by Gasteiger charge is 2.47. The van der Waals surface area contributed by atoms with Crippen LogP contribution < -0.4 is 10.9 Å². The summed E-state index contributed by atoms with van der Waals surface area (Å²) in [6.45, 7) is 0.0323. The molecule has 5 rings (SSSR count). The summed E-state index contributed by atoms with van der Waals surface area (Å²) in [6, 6.07) is 7.68. The zero-order valence-corrected chi connectivity index (χ0v) is 21.9. The minimum Gasteiger partial charge on any atom is -0.352 e. The van der Waals surface area contributed by atoms with Gasteiger partial charge in [-0.05, 0) is 72.3 Å². The molecule has 0 spiro atoms. The minimum atomic E-state index is -4.98. The van der Waals surface area contributed by atoms with Gasteiger partial charge in [-0.1, -0.05) is 18.9 Å². The lowest BCUT2D eigenvalue weighted by atomic mass is 9.80. The number of fused-ring (bicyclic) bond motifs is 1. The second-order valence-electron chi connectivity index (χ2n) is 11.2. The molecule has 2 aliphatic rings. The van der Waals surface area contributed by atoms with E-state index in [4.69, 9.17) is 0 Å². The molecule has 1 atom stereocenters. The van der Waals surface area contributed by atoms with Crippen LogP contribution in [0.1, 0.15) is 53.5 Å². The molecule has 2 fully saturated rings. The van der Waals surface area contributed by atoms with Gasteiger partial charge in [0, 0.05) is 36.6 Å². The Balaban J connectivity index is 1.34. The van der Waals surface area contributed by atoms with E-state index in [-0.39, 0.29) is 17.2 Å². The Morgan fingerprint density at radius 1 is 0.976 bits per heavy atom. The highest BCUT2D eigenvalue weighted by Crippen LogP contribution is 2.46. The third kappa shape index (κ3) is 6.58. The SMILES string of the molecule is O=C(NCc1cc(C(F)(F)F)cc(C(F)(F)F)c1)C1(CC2CC2)CCN(Cc2cc(CF)c3ccc(=O)[nH]c3c2)C1. The van der Waals surface area contributed by atoms with Gasteiger partial charge in [0.2, 0.25) is 11.5 Å². The summed E-state index contributed by atoms with van der Waals surface area (Å²) >= 11 is 0. The monoisotopic (exact) mass is 583 g/mol. The van der Waals surface area contributed by atoms with Crippen LogP contribution >= 0.6 is 0 Å². The third-order valence-corrected chi connectivity index (χ3v) is 7.93. The zero-order chi connectivity index (χ0) is 29.6. The molecule has 1 aliphatic heterocycles. The molecule has 0 radical (unpaired) electrons. The molecule has 2 aromatic carbocycles. The predicted octanol–water partition coefficient (Wildman–Crippen LogP) is 6.34. The van der Waals surface area contributed by atoms with Crippen molar-refractivity contribution in [3.63, 3.8) is 0 Å². The maximum absolute atomic E-state index is 13.8. The van der Waals surface area contributed by atoms with Crippen LogP contribution in [0.25, 0.3) is 10.9 Å². The van der Waals surface area contributed by atoms with E-state index in [0.717, 1.165) is 18.4 Å². The molecule has 3 aromatic rings. The van der Waals surface area contributed by atoms with Crippen molar-refractivity contribution in [1.29, 1.82) is 0 Å². The van der Waals surface area contributed by atoms with E-state index in [1.54, 1.807) is 18.2 Å². The van der Waals surface area contributed by atoms with E-state index in [1.807, 2.05) is 4.90 Å². The molecule has 1 saturated heterocycles. The number of nitrogens with zero attached hydrogens (tertiary/aromatic N) is 1. The van der Waals surface area contributed by atoms with Gasteiger partial charge in [-0.25, -0.2) is 4.39 Å². The molecule has 5 nitrogen and oxygen atoms in total. The lowest BCUT2D eigenvalue weighted by Crippen LogP contribution is -2.43. The number of H-pyrrole nitrogens is 1. The molecular weight excluding hydrogens is 555 g/mol. The van der Waals surface area contributed by atoms with E-state index in [2.05, 4.69) is 10.3 Å². The van der Waals surface area contributed by atoms with E-state index >= 15 is 0 Å². The molecular formula is C29H28F7N3O2. The fraction of sp³-hybridized carbons (Fsp3) is 0.448. The maximum atomic E-state index is 13.8. The van der Waals surface area contributed by atoms with E-state index in [1.165, 1.54) is 6.07 Å². The summed E-state index contributed by atoms with van der Waals surface area (Å²) in [5.41, 5.74) is -2.65. The Morgan fingerprint density at radius 3 is 2.27 bits per heavy atom. The van der Waals surface area contributed by atoms with Gasteiger partial charge in [0.1, 0.15) is 6.67 Å². The zero-order valence-electron chi connectivity index (χ0n) is 21.9. The largest absolute Gasteiger partial charge is 0.416 e. The number of carbonyl (C=O) groups is 1. The fourth-order valence-corrected chi connectivity index (χ4v) is 5.78. The fourth-order valence-electron chi connectivity index (χ4n) is 5.78. The average molecular weight is 584 g/mol. The number of nitrogens with one attached hydrogen (secondary N) is 2. The lowest BCUT2D eigenvalue weighted by molar-refractivity contribution is -0.143. The number of hydrogen-bond acceptors (Lipinski definition) is 3. The first-order valence-electron chi connectivity index (χ1n) is 13.3. The number of aromatic amines is 1. The van der Waals surface area contributed by atoms with Crippen LogP contribution in [0.4, 0.5) is 30.7 Å². The predicted molar refractivity (Wildman–Crippen MR) is 137 cm³/mol.